The predicted molar refractivity (Wildman–Crippen MR) is 203 cm³/mol. The minimum Gasteiger partial charge on any atom is -0.281 e. The standard InChI is InChI=1S/C44H29N3S/c1-4-14-28(15-5-1)31-24-25-38-35(26-31)40-32-20-10-11-21-33(32)43-41(34-22-12-13-23-39(34)48-43)42(40)47(38)44-45-36(29-16-6-2-7-17-29)27-37(46-44)30-18-8-3-9-19-30/h1-23,26-27H,24-25H2. The molecular weight excluding hydrogens is 603 g/mol. The van der Waals surface area contributed by atoms with Gasteiger partial charge >= 0.3 is 0 Å². The average molecular weight is 632 g/mol. The summed E-state index contributed by atoms with van der Waals surface area (Å²) in [4.78, 5) is 10.8. The van der Waals surface area contributed by atoms with Crippen LogP contribution in [0.25, 0.3) is 82.0 Å². The molecule has 1 aliphatic carbocycles. The van der Waals surface area contributed by atoms with Gasteiger partial charge < -0.3 is 0 Å². The Morgan fingerprint density at radius 2 is 1.08 bits per heavy atom. The van der Waals surface area contributed by atoms with Crippen LogP contribution in [0.3, 0.4) is 0 Å². The third-order valence-electron chi connectivity index (χ3n) is 9.73. The van der Waals surface area contributed by atoms with E-state index >= 15 is 0 Å². The van der Waals surface area contributed by atoms with Gasteiger partial charge in [0.2, 0.25) is 5.95 Å². The highest BCUT2D eigenvalue weighted by molar-refractivity contribution is 7.27. The summed E-state index contributed by atoms with van der Waals surface area (Å²) in [6.07, 6.45) is 4.28. The first-order chi connectivity index (χ1) is 23.8. The van der Waals surface area contributed by atoms with E-state index in [2.05, 4.69) is 156 Å². The topological polar surface area (TPSA) is 30.7 Å². The number of benzene rings is 6. The third-order valence-corrected chi connectivity index (χ3v) is 10.9. The van der Waals surface area contributed by atoms with Crippen LogP contribution in [0.2, 0.25) is 0 Å². The number of nitrogens with zero attached hydrogens (tertiary/aromatic N) is 3. The van der Waals surface area contributed by atoms with Crippen molar-refractivity contribution in [3.05, 3.63) is 162 Å². The highest BCUT2D eigenvalue weighted by Crippen LogP contribution is 2.49. The number of thiophene rings is 1. The van der Waals surface area contributed by atoms with Gasteiger partial charge in [-0.15, -0.1) is 11.3 Å². The minimum atomic E-state index is 0.713. The van der Waals surface area contributed by atoms with E-state index in [9.17, 15) is 0 Å². The van der Waals surface area contributed by atoms with Gasteiger partial charge in [-0.3, -0.25) is 4.57 Å². The molecule has 0 spiro atoms. The maximum Gasteiger partial charge on any atom is 0.235 e. The number of allylic oxidation sites excluding steroid dienone is 1. The fourth-order valence-electron chi connectivity index (χ4n) is 7.57. The van der Waals surface area contributed by atoms with Crippen molar-refractivity contribution in [2.75, 3.05) is 0 Å². The van der Waals surface area contributed by atoms with E-state index < -0.39 is 0 Å². The Bertz CT molecular complexity index is 2640. The predicted octanol–water partition coefficient (Wildman–Crippen LogP) is 11.8. The van der Waals surface area contributed by atoms with Crippen LogP contribution in [0.15, 0.2) is 146 Å². The molecule has 0 bridgehead atoms. The summed E-state index contributed by atoms with van der Waals surface area (Å²) >= 11 is 1.88. The maximum atomic E-state index is 5.39. The van der Waals surface area contributed by atoms with Crippen molar-refractivity contribution >= 4 is 64.8 Å². The molecule has 10 rings (SSSR count). The lowest BCUT2D eigenvalue weighted by molar-refractivity contribution is 0.856. The summed E-state index contributed by atoms with van der Waals surface area (Å²) in [5, 5.41) is 6.40. The number of hydrogen-bond acceptors (Lipinski definition) is 3. The molecule has 226 valence electrons. The van der Waals surface area contributed by atoms with E-state index in [1.807, 2.05) is 11.3 Å². The molecular formula is C44H29N3S. The summed E-state index contributed by atoms with van der Waals surface area (Å²) in [7, 11) is 0. The molecule has 0 N–H and O–H groups in total. The van der Waals surface area contributed by atoms with E-state index in [4.69, 9.17) is 9.97 Å². The van der Waals surface area contributed by atoms with Gasteiger partial charge in [-0.2, -0.15) is 0 Å². The molecule has 0 radical (unpaired) electrons. The first kappa shape index (κ1) is 27.3. The molecule has 1 aliphatic rings. The fraction of sp³-hybridized carbons (Fsp3) is 0.0455. The maximum absolute atomic E-state index is 5.39. The summed E-state index contributed by atoms with van der Waals surface area (Å²) in [6, 6.07) is 51.7. The molecule has 3 aromatic heterocycles. The molecule has 0 saturated carbocycles. The lowest BCUT2D eigenvalue weighted by Crippen LogP contribution is -2.09. The van der Waals surface area contributed by atoms with Crippen LogP contribution in [0, 0.1) is 0 Å². The fourth-order valence-corrected chi connectivity index (χ4v) is 8.81. The van der Waals surface area contributed by atoms with E-state index in [1.54, 1.807) is 0 Å². The van der Waals surface area contributed by atoms with E-state index in [1.165, 1.54) is 64.2 Å². The Hall–Kier alpha value is -5.84. The first-order valence-corrected chi connectivity index (χ1v) is 17.3. The second-order valence-corrected chi connectivity index (χ2v) is 13.5. The van der Waals surface area contributed by atoms with E-state index in [-0.39, 0.29) is 0 Å². The molecule has 9 aromatic rings. The van der Waals surface area contributed by atoms with Crippen LogP contribution in [0.4, 0.5) is 0 Å². The first-order valence-electron chi connectivity index (χ1n) is 16.5. The Labute approximate surface area is 282 Å². The van der Waals surface area contributed by atoms with Crippen molar-refractivity contribution in [1.29, 1.82) is 0 Å². The zero-order chi connectivity index (χ0) is 31.6. The van der Waals surface area contributed by atoms with Gasteiger partial charge in [-0.25, -0.2) is 9.97 Å². The van der Waals surface area contributed by atoms with Gasteiger partial charge in [0, 0.05) is 53.3 Å². The molecule has 48 heavy (non-hydrogen) atoms. The highest BCUT2D eigenvalue weighted by atomic mass is 32.1. The molecule has 6 aromatic carbocycles. The number of rotatable bonds is 4. The third kappa shape index (κ3) is 4.20. The minimum absolute atomic E-state index is 0.713. The highest BCUT2D eigenvalue weighted by Gasteiger charge is 2.28. The van der Waals surface area contributed by atoms with Crippen molar-refractivity contribution in [3.63, 3.8) is 0 Å². The quantitative estimate of drug-likeness (QED) is 0.193. The van der Waals surface area contributed by atoms with Gasteiger partial charge in [0.15, 0.2) is 0 Å². The van der Waals surface area contributed by atoms with Gasteiger partial charge in [0.25, 0.3) is 0 Å². The molecule has 3 nitrogen and oxygen atoms in total. The SMILES string of the molecule is C1=C(c2ccccc2)CCc2c1c1c3ccccc3c3sc4ccccc4c3c1n2-c1nc(-c2ccccc2)cc(-c2ccccc2)n1. The molecule has 0 aliphatic heterocycles. The van der Waals surface area contributed by atoms with Crippen LogP contribution in [0.1, 0.15) is 23.2 Å². The molecule has 0 atom stereocenters. The summed E-state index contributed by atoms with van der Waals surface area (Å²) in [6.45, 7) is 0. The van der Waals surface area contributed by atoms with Gasteiger partial charge in [0.05, 0.1) is 16.9 Å². The van der Waals surface area contributed by atoms with Gasteiger partial charge in [-0.1, -0.05) is 133 Å². The second kappa shape index (κ2) is 10.9. The zero-order valence-corrected chi connectivity index (χ0v) is 26.9. The van der Waals surface area contributed by atoms with Crippen molar-refractivity contribution in [3.8, 4) is 28.5 Å². The van der Waals surface area contributed by atoms with E-state index in [0.29, 0.717) is 5.95 Å². The van der Waals surface area contributed by atoms with Crippen LogP contribution in [-0.4, -0.2) is 14.5 Å². The van der Waals surface area contributed by atoms with Gasteiger partial charge in [0.1, 0.15) is 0 Å². The summed E-state index contributed by atoms with van der Waals surface area (Å²) < 4.78 is 5.01. The largest absolute Gasteiger partial charge is 0.281 e. The second-order valence-electron chi connectivity index (χ2n) is 12.5. The lowest BCUT2D eigenvalue weighted by Gasteiger charge is -2.18. The van der Waals surface area contributed by atoms with Crippen molar-refractivity contribution in [2.45, 2.75) is 12.8 Å². The molecule has 0 fully saturated rings. The van der Waals surface area contributed by atoms with Crippen molar-refractivity contribution < 1.29 is 0 Å². The summed E-state index contributed by atoms with van der Waals surface area (Å²) in [5.41, 5.74) is 10.4. The number of hydrogen-bond donors (Lipinski definition) is 0. The molecule has 3 heterocycles. The van der Waals surface area contributed by atoms with Crippen LogP contribution >= 0.6 is 11.3 Å². The Kier molecular flexibility index (Phi) is 6.18. The normalized spacial score (nSPS) is 13.0. The van der Waals surface area contributed by atoms with Crippen LogP contribution in [0.5, 0.6) is 0 Å². The van der Waals surface area contributed by atoms with Gasteiger partial charge in [-0.05, 0) is 47.6 Å². The molecule has 0 saturated heterocycles. The lowest BCUT2D eigenvalue weighted by atomic mass is 9.90. The monoisotopic (exact) mass is 631 g/mol. The number of aromatic nitrogens is 3. The molecule has 0 amide bonds. The molecule has 4 heteroatoms. The Morgan fingerprint density at radius 1 is 0.521 bits per heavy atom. The van der Waals surface area contributed by atoms with Crippen LogP contribution < -0.4 is 0 Å². The Morgan fingerprint density at radius 3 is 1.75 bits per heavy atom. The smallest absolute Gasteiger partial charge is 0.235 e. The summed E-state index contributed by atoms with van der Waals surface area (Å²) in [5.74, 6) is 0.713. The number of fused-ring (bicyclic) bond motifs is 10. The van der Waals surface area contributed by atoms with Crippen LogP contribution in [-0.2, 0) is 6.42 Å². The Balaban J connectivity index is 1.39. The average Bonchev–Trinajstić information content (AvgIpc) is 3.72. The zero-order valence-electron chi connectivity index (χ0n) is 26.1. The van der Waals surface area contributed by atoms with Crippen molar-refractivity contribution in [1.82, 2.24) is 14.5 Å². The van der Waals surface area contributed by atoms with E-state index in [0.717, 1.165) is 35.4 Å². The van der Waals surface area contributed by atoms with Crippen molar-refractivity contribution in [2.24, 2.45) is 0 Å². The molecule has 0 unspecified atom stereocenters.